The molecular formula is C18H22BrNO. The number of halogens is 1. The molecule has 0 saturated heterocycles. The molecule has 2 aromatic carbocycles. The molecule has 2 nitrogen and oxygen atoms in total. The molecule has 0 aliphatic rings. The Kier molecular flexibility index (Phi) is 5.29. The highest BCUT2D eigenvalue weighted by atomic mass is 79.9. The molecule has 2 rings (SSSR count). The normalized spacial score (nSPS) is 12.3. The number of anilines is 1. The van der Waals surface area contributed by atoms with E-state index in [2.05, 4.69) is 65.4 Å². The molecule has 0 amide bonds. The van der Waals surface area contributed by atoms with Crippen LogP contribution >= 0.6 is 15.9 Å². The third-order valence-electron chi connectivity index (χ3n) is 3.31. The maximum absolute atomic E-state index is 5.67. The van der Waals surface area contributed by atoms with Crippen LogP contribution in [0.1, 0.15) is 37.9 Å². The molecule has 0 saturated carbocycles. The van der Waals surface area contributed by atoms with Gasteiger partial charge in [0.15, 0.2) is 0 Å². The van der Waals surface area contributed by atoms with Crippen LogP contribution in [0.2, 0.25) is 0 Å². The molecule has 0 radical (unpaired) electrons. The molecule has 0 spiro atoms. The Hall–Kier alpha value is -1.48. The van der Waals surface area contributed by atoms with E-state index >= 15 is 0 Å². The topological polar surface area (TPSA) is 21.3 Å². The van der Waals surface area contributed by atoms with E-state index in [1.807, 2.05) is 26.0 Å². The van der Waals surface area contributed by atoms with Gasteiger partial charge in [-0.05, 0) is 63.1 Å². The summed E-state index contributed by atoms with van der Waals surface area (Å²) in [5.74, 6) is 0.916. The zero-order valence-electron chi connectivity index (χ0n) is 13.0. The first-order valence-corrected chi connectivity index (χ1v) is 8.04. The highest BCUT2D eigenvalue weighted by molar-refractivity contribution is 9.10. The Balaban J connectivity index is 2.05. The van der Waals surface area contributed by atoms with Gasteiger partial charge >= 0.3 is 0 Å². The monoisotopic (exact) mass is 347 g/mol. The SMILES string of the molecule is Cc1ccc(NC(C)c2ccc(OC(C)C)cc2)cc1Br. The first-order valence-electron chi connectivity index (χ1n) is 7.25. The van der Waals surface area contributed by atoms with Crippen molar-refractivity contribution >= 4 is 21.6 Å². The molecule has 0 heterocycles. The minimum Gasteiger partial charge on any atom is -0.491 e. The average Bonchev–Trinajstić information content (AvgIpc) is 2.43. The molecule has 1 N–H and O–H groups in total. The van der Waals surface area contributed by atoms with Crippen LogP contribution in [0.3, 0.4) is 0 Å². The number of hydrogen-bond acceptors (Lipinski definition) is 2. The molecule has 3 heteroatoms. The van der Waals surface area contributed by atoms with Crippen LogP contribution in [0.5, 0.6) is 5.75 Å². The van der Waals surface area contributed by atoms with Crippen molar-refractivity contribution in [3.8, 4) is 5.75 Å². The van der Waals surface area contributed by atoms with Gasteiger partial charge in [-0.2, -0.15) is 0 Å². The van der Waals surface area contributed by atoms with Crippen LogP contribution in [0.4, 0.5) is 5.69 Å². The Morgan fingerprint density at radius 2 is 1.67 bits per heavy atom. The van der Waals surface area contributed by atoms with E-state index in [1.165, 1.54) is 11.1 Å². The van der Waals surface area contributed by atoms with E-state index in [0.29, 0.717) is 0 Å². The third-order valence-corrected chi connectivity index (χ3v) is 4.16. The first-order chi connectivity index (χ1) is 9.95. The molecule has 0 aromatic heterocycles. The second-order valence-corrected chi connectivity index (χ2v) is 6.42. The molecule has 0 bridgehead atoms. The van der Waals surface area contributed by atoms with Crippen molar-refractivity contribution in [1.82, 2.24) is 0 Å². The molecule has 1 atom stereocenters. The standard InChI is InChI=1S/C18H22BrNO/c1-12(2)21-17-9-6-15(7-10-17)14(4)20-16-8-5-13(3)18(19)11-16/h5-12,14,20H,1-4H3. The molecule has 0 fully saturated rings. The summed E-state index contributed by atoms with van der Waals surface area (Å²) >= 11 is 3.57. The summed E-state index contributed by atoms with van der Waals surface area (Å²) in [5, 5.41) is 3.52. The third kappa shape index (κ3) is 4.50. The maximum atomic E-state index is 5.67. The second kappa shape index (κ2) is 6.99. The predicted octanol–water partition coefficient (Wildman–Crippen LogP) is 5.72. The maximum Gasteiger partial charge on any atom is 0.119 e. The number of aryl methyl sites for hydroxylation is 1. The Morgan fingerprint density at radius 3 is 2.24 bits per heavy atom. The number of nitrogens with one attached hydrogen (secondary N) is 1. The van der Waals surface area contributed by atoms with Crippen LogP contribution in [-0.2, 0) is 0 Å². The molecular weight excluding hydrogens is 326 g/mol. The highest BCUT2D eigenvalue weighted by Gasteiger charge is 2.07. The van der Waals surface area contributed by atoms with Gasteiger partial charge in [0.2, 0.25) is 0 Å². The zero-order valence-corrected chi connectivity index (χ0v) is 14.6. The summed E-state index contributed by atoms with van der Waals surface area (Å²) in [7, 11) is 0. The van der Waals surface area contributed by atoms with Gasteiger partial charge in [-0.15, -0.1) is 0 Å². The van der Waals surface area contributed by atoms with Crippen LogP contribution in [-0.4, -0.2) is 6.10 Å². The van der Waals surface area contributed by atoms with E-state index in [0.717, 1.165) is 15.9 Å². The lowest BCUT2D eigenvalue weighted by atomic mass is 10.1. The molecule has 112 valence electrons. The zero-order chi connectivity index (χ0) is 15.4. The van der Waals surface area contributed by atoms with Gasteiger partial charge in [-0.25, -0.2) is 0 Å². The Morgan fingerprint density at radius 1 is 1.00 bits per heavy atom. The first kappa shape index (κ1) is 15.9. The van der Waals surface area contributed by atoms with E-state index < -0.39 is 0 Å². The summed E-state index contributed by atoms with van der Waals surface area (Å²) in [6.07, 6.45) is 0.205. The number of ether oxygens (including phenoxy) is 1. The van der Waals surface area contributed by atoms with Crippen molar-refractivity contribution in [3.63, 3.8) is 0 Å². The van der Waals surface area contributed by atoms with Crippen LogP contribution in [0.15, 0.2) is 46.9 Å². The fraction of sp³-hybridized carbons (Fsp3) is 0.333. The van der Waals surface area contributed by atoms with Crippen molar-refractivity contribution in [2.24, 2.45) is 0 Å². The van der Waals surface area contributed by atoms with Crippen molar-refractivity contribution in [2.75, 3.05) is 5.32 Å². The number of hydrogen-bond donors (Lipinski definition) is 1. The lowest BCUT2D eigenvalue weighted by Gasteiger charge is -2.17. The van der Waals surface area contributed by atoms with Crippen LogP contribution in [0.25, 0.3) is 0 Å². The largest absolute Gasteiger partial charge is 0.491 e. The van der Waals surface area contributed by atoms with E-state index in [-0.39, 0.29) is 12.1 Å². The smallest absolute Gasteiger partial charge is 0.119 e. The van der Waals surface area contributed by atoms with Gasteiger partial charge < -0.3 is 10.1 Å². The average molecular weight is 348 g/mol. The molecule has 2 aromatic rings. The summed E-state index contributed by atoms with van der Waals surface area (Å²) in [6, 6.07) is 14.8. The lowest BCUT2D eigenvalue weighted by Crippen LogP contribution is -2.08. The molecule has 0 aliphatic heterocycles. The van der Waals surface area contributed by atoms with Crippen LogP contribution in [0, 0.1) is 6.92 Å². The minimum absolute atomic E-state index is 0.205. The fourth-order valence-electron chi connectivity index (χ4n) is 2.12. The molecule has 21 heavy (non-hydrogen) atoms. The van der Waals surface area contributed by atoms with Gasteiger partial charge in [0.05, 0.1) is 6.10 Å². The van der Waals surface area contributed by atoms with Gasteiger partial charge in [-0.3, -0.25) is 0 Å². The summed E-state index contributed by atoms with van der Waals surface area (Å²) in [5.41, 5.74) is 3.59. The lowest BCUT2D eigenvalue weighted by molar-refractivity contribution is 0.242. The van der Waals surface area contributed by atoms with Crippen molar-refractivity contribution in [1.29, 1.82) is 0 Å². The summed E-state index contributed by atoms with van der Waals surface area (Å²) in [4.78, 5) is 0. The highest BCUT2D eigenvalue weighted by Crippen LogP contribution is 2.25. The van der Waals surface area contributed by atoms with Crippen molar-refractivity contribution in [3.05, 3.63) is 58.1 Å². The Labute approximate surface area is 135 Å². The van der Waals surface area contributed by atoms with E-state index in [1.54, 1.807) is 0 Å². The van der Waals surface area contributed by atoms with E-state index in [4.69, 9.17) is 4.74 Å². The summed E-state index contributed by atoms with van der Waals surface area (Å²) in [6.45, 7) is 8.32. The Bertz CT molecular complexity index is 593. The van der Waals surface area contributed by atoms with Gasteiger partial charge in [-0.1, -0.05) is 34.1 Å². The molecule has 0 aliphatic carbocycles. The number of benzene rings is 2. The molecule has 1 unspecified atom stereocenters. The van der Waals surface area contributed by atoms with Gasteiger partial charge in [0.25, 0.3) is 0 Å². The predicted molar refractivity (Wildman–Crippen MR) is 93.1 cm³/mol. The second-order valence-electron chi connectivity index (χ2n) is 5.57. The number of rotatable bonds is 5. The van der Waals surface area contributed by atoms with Crippen LogP contribution < -0.4 is 10.1 Å². The van der Waals surface area contributed by atoms with E-state index in [9.17, 15) is 0 Å². The summed E-state index contributed by atoms with van der Waals surface area (Å²) < 4.78 is 6.79. The van der Waals surface area contributed by atoms with Crippen molar-refractivity contribution < 1.29 is 4.74 Å². The van der Waals surface area contributed by atoms with Gasteiger partial charge in [0.1, 0.15) is 5.75 Å². The quantitative estimate of drug-likeness (QED) is 0.746. The fourth-order valence-corrected chi connectivity index (χ4v) is 2.50. The van der Waals surface area contributed by atoms with Gasteiger partial charge in [0, 0.05) is 16.2 Å². The van der Waals surface area contributed by atoms with Crippen molar-refractivity contribution in [2.45, 2.75) is 39.8 Å². The minimum atomic E-state index is 0.205.